The molecule has 1 nitrogen and oxygen atoms in total. The molecule has 0 saturated carbocycles. The molecule has 116 valence electrons. The molecule has 2 aromatic carbocycles. The van der Waals surface area contributed by atoms with E-state index in [1.54, 1.807) is 0 Å². The molecule has 0 radical (unpaired) electrons. The summed E-state index contributed by atoms with van der Waals surface area (Å²) >= 11 is 0. The first-order valence-electron chi connectivity index (χ1n) is 8.11. The minimum absolute atomic E-state index is 1.14. The molecule has 0 bridgehead atoms. The summed E-state index contributed by atoms with van der Waals surface area (Å²) in [7, 11) is 2.15. The number of nitrogens with zero attached hydrogens (tertiary/aromatic N) is 1. The van der Waals surface area contributed by atoms with E-state index >= 15 is 0 Å². The van der Waals surface area contributed by atoms with Gasteiger partial charge in [0, 0.05) is 12.1 Å². The summed E-state index contributed by atoms with van der Waals surface area (Å²) < 4.78 is 2.30. The summed E-state index contributed by atoms with van der Waals surface area (Å²) in [5.74, 6) is 0. The van der Waals surface area contributed by atoms with Crippen molar-refractivity contribution in [2.24, 2.45) is 7.05 Å². The molecule has 0 fully saturated rings. The molecule has 0 aliphatic rings. The lowest BCUT2D eigenvalue weighted by atomic mass is 9.98. The fourth-order valence-corrected chi connectivity index (χ4v) is 2.84. The van der Waals surface area contributed by atoms with E-state index < -0.39 is 0 Å². The van der Waals surface area contributed by atoms with Crippen LogP contribution in [0.1, 0.15) is 32.8 Å². The van der Waals surface area contributed by atoms with Gasteiger partial charge in [-0.1, -0.05) is 51.5 Å². The van der Waals surface area contributed by atoms with Crippen LogP contribution in [-0.4, -0.2) is 0 Å². The van der Waals surface area contributed by atoms with Gasteiger partial charge in [-0.15, -0.1) is 13.2 Å². The lowest BCUT2D eigenvalue weighted by molar-refractivity contribution is -0.617. The van der Waals surface area contributed by atoms with E-state index in [1.807, 2.05) is 13.8 Å². The Bertz CT molecular complexity index is 671. The second-order valence-electron chi connectivity index (χ2n) is 4.82. The minimum atomic E-state index is 1.14. The quantitative estimate of drug-likeness (QED) is 0.329. The molecule has 22 heavy (non-hydrogen) atoms. The highest BCUT2D eigenvalue weighted by atomic mass is 14.9. The summed E-state index contributed by atoms with van der Waals surface area (Å²) in [4.78, 5) is 0. The lowest BCUT2D eigenvalue weighted by Crippen LogP contribution is -2.30. The van der Waals surface area contributed by atoms with E-state index in [9.17, 15) is 0 Å². The largest absolute Gasteiger partial charge is 0.213 e. The van der Waals surface area contributed by atoms with Crippen LogP contribution in [0, 0.1) is 0 Å². The number of hydrogen-bond acceptors (Lipinski definition) is 0. The maximum atomic E-state index is 3.00. The van der Waals surface area contributed by atoms with E-state index in [0.717, 1.165) is 6.42 Å². The van der Waals surface area contributed by atoms with E-state index in [0.29, 0.717) is 0 Å². The van der Waals surface area contributed by atoms with Crippen molar-refractivity contribution >= 4 is 21.8 Å². The molecule has 1 heterocycles. The van der Waals surface area contributed by atoms with Crippen LogP contribution >= 0.6 is 0 Å². The number of aromatic nitrogens is 1. The highest BCUT2D eigenvalue weighted by molar-refractivity contribution is 5.93. The van der Waals surface area contributed by atoms with Crippen molar-refractivity contribution in [3.63, 3.8) is 0 Å². The Kier molecular flexibility index (Phi) is 7.31. The second kappa shape index (κ2) is 8.99. The fraction of sp³-hybridized carbons (Fsp3) is 0.286. The zero-order valence-corrected chi connectivity index (χ0v) is 14.4. The molecule has 0 atom stereocenters. The van der Waals surface area contributed by atoms with Gasteiger partial charge in [-0.25, -0.2) is 0 Å². The van der Waals surface area contributed by atoms with Crippen molar-refractivity contribution in [1.82, 2.24) is 0 Å². The molecule has 1 heteroatoms. The monoisotopic (exact) mass is 294 g/mol. The predicted octanol–water partition coefficient (Wildman–Crippen LogP) is 5.60. The van der Waals surface area contributed by atoms with Crippen LogP contribution in [0.4, 0.5) is 0 Å². The lowest BCUT2D eigenvalue weighted by Gasteiger charge is -2.08. The van der Waals surface area contributed by atoms with Crippen molar-refractivity contribution in [2.75, 3.05) is 0 Å². The zero-order chi connectivity index (χ0) is 16.5. The molecule has 0 N–H and O–H groups in total. The Balaban J connectivity index is 0.000000561. The van der Waals surface area contributed by atoms with Crippen molar-refractivity contribution in [1.29, 1.82) is 0 Å². The van der Waals surface area contributed by atoms with E-state index in [4.69, 9.17) is 0 Å². The van der Waals surface area contributed by atoms with Gasteiger partial charge >= 0.3 is 0 Å². The van der Waals surface area contributed by atoms with Gasteiger partial charge in [-0.05, 0) is 24.1 Å². The molecule has 0 aliphatic carbocycles. The molecular formula is C21H28N+. The van der Waals surface area contributed by atoms with Gasteiger partial charge in [0.15, 0.2) is 0 Å². The van der Waals surface area contributed by atoms with Gasteiger partial charge < -0.3 is 0 Å². The highest BCUT2D eigenvalue weighted by Crippen LogP contribution is 2.25. The van der Waals surface area contributed by atoms with Crippen LogP contribution in [0.3, 0.4) is 0 Å². The maximum absolute atomic E-state index is 3.00. The minimum Gasteiger partial charge on any atom is -0.194 e. The van der Waals surface area contributed by atoms with Gasteiger partial charge in [-0.3, -0.25) is 0 Å². The Labute approximate surface area is 134 Å². The predicted molar refractivity (Wildman–Crippen MR) is 99.2 cm³/mol. The molecule has 0 unspecified atom stereocenters. The van der Waals surface area contributed by atoms with Gasteiger partial charge in [0.1, 0.15) is 7.05 Å². The third-order valence-electron chi connectivity index (χ3n) is 3.68. The van der Waals surface area contributed by atoms with Gasteiger partial charge in [0.25, 0.3) is 0 Å². The van der Waals surface area contributed by atoms with Crippen LogP contribution in [0.15, 0.2) is 61.7 Å². The smallest absolute Gasteiger partial charge is 0.194 e. The Morgan fingerprint density at radius 1 is 0.818 bits per heavy atom. The third kappa shape index (κ3) is 3.36. The topological polar surface area (TPSA) is 3.88 Å². The van der Waals surface area contributed by atoms with Crippen LogP contribution < -0.4 is 4.57 Å². The Hall–Kier alpha value is -2.15. The first-order chi connectivity index (χ1) is 10.8. The van der Waals surface area contributed by atoms with Crippen molar-refractivity contribution < 1.29 is 4.57 Å². The van der Waals surface area contributed by atoms with Crippen molar-refractivity contribution in [3.8, 4) is 0 Å². The molecule has 0 saturated heterocycles. The summed E-state index contributed by atoms with van der Waals surface area (Å²) in [6.45, 7) is 12.2. The number of benzene rings is 2. The van der Waals surface area contributed by atoms with Crippen LogP contribution in [0.2, 0.25) is 0 Å². The number of rotatable bonds is 2. The number of aryl methyl sites for hydroxylation is 2. The molecule has 0 aliphatic heterocycles. The van der Waals surface area contributed by atoms with E-state index in [-0.39, 0.29) is 0 Å². The standard InChI is InChI=1S/C17H18N.C2H6.C2H4/c1-3-8-13-14-9-4-6-11-16(14)18(2)17-12-7-5-10-15(13)17;2*1-2/h4-7,9-12H,3,8H2,1-2H3;1-2H3;1-2H2/q+1;;. The van der Waals surface area contributed by atoms with E-state index in [2.05, 4.69) is 80.2 Å². The SMILES string of the molecule is C=C.CC.CCCc1c2ccccc2[n+](C)c2ccccc12. The molecule has 1 aromatic heterocycles. The molecule has 3 aromatic rings. The average Bonchev–Trinajstić information content (AvgIpc) is 2.62. The molecule has 0 spiro atoms. The van der Waals surface area contributed by atoms with Crippen LogP contribution in [0.25, 0.3) is 21.8 Å². The number of para-hydroxylation sites is 2. The van der Waals surface area contributed by atoms with Crippen molar-refractivity contribution in [2.45, 2.75) is 33.6 Å². The normalized spacial score (nSPS) is 9.64. The molecule has 0 amide bonds. The van der Waals surface area contributed by atoms with E-state index in [1.165, 1.54) is 33.8 Å². The number of fused-ring (bicyclic) bond motifs is 2. The van der Waals surface area contributed by atoms with Gasteiger partial charge in [0.2, 0.25) is 11.0 Å². The third-order valence-corrected chi connectivity index (χ3v) is 3.68. The molecular weight excluding hydrogens is 266 g/mol. The number of pyridine rings is 1. The van der Waals surface area contributed by atoms with Crippen LogP contribution in [0.5, 0.6) is 0 Å². The van der Waals surface area contributed by atoms with Crippen molar-refractivity contribution in [3.05, 3.63) is 67.3 Å². The zero-order valence-electron chi connectivity index (χ0n) is 14.4. The summed E-state index contributed by atoms with van der Waals surface area (Å²) in [6.07, 6.45) is 2.32. The Morgan fingerprint density at radius 2 is 1.23 bits per heavy atom. The van der Waals surface area contributed by atoms with Gasteiger partial charge in [-0.2, -0.15) is 4.57 Å². The summed E-state index contributed by atoms with van der Waals surface area (Å²) in [6, 6.07) is 17.4. The van der Waals surface area contributed by atoms with Crippen LogP contribution in [-0.2, 0) is 13.5 Å². The average molecular weight is 294 g/mol. The first kappa shape index (κ1) is 17.9. The number of hydrogen-bond donors (Lipinski definition) is 0. The highest BCUT2D eigenvalue weighted by Gasteiger charge is 2.15. The summed E-state index contributed by atoms with van der Waals surface area (Å²) in [5, 5.41) is 2.78. The fourth-order valence-electron chi connectivity index (χ4n) is 2.84. The van der Waals surface area contributed by atoms with Gasteiger partial charge in [0.05, 0.1) is 10.8 Å². The Morgan fingerprint density at radius 3 is 1.64 bits per heavy atom. The summed E-state index contributed by atoms with van der Waals surface area (Å²) in [5.41, 5.74) is 4.13. The molecule has 3 rings (SSSR count). The maximum Gasteiger partial charge on any atom is 0.213 e. The first-order valence-corrected chi connectivity index (χ1v) is 8.11. The second-order valence-corrected chi connectivity index (χ2v) is 4.82.